The zero-order valence-corrected chi connectivity index (χ0v) is 15.6. The maximum Gasteiger partial charge on any atom is 0.277 e. The normalized spacial score (nSPS) is 10.7. The van der Waals surface area contributed by atoms with Crippen LogP contribution in [-0.2, 0) is 4.79 Å². The van der Waals surface area contributed by atoms with Crippen LogP contribution in [0.15, 0.2) is 39.9 Å². The highest BCUT2D eigenvalue weighted by Gasteiger charge is 2.13. The molecular formula is C17H16BrN3O5. The second kappa shape index (κ2) is 8.43. The molecule has 2 aromatic carbocycles. The first-order valence-corrected chi connectivity index (χ1v) is 8.25. The van der Waals surface area contributed by atoms with Gasteiger partial charge in [-0.3, -0.25) is 14.9 Å². The summed E-state index contributed by atoms with van der Waals surface area (Å²) in [5.41, 5.74) is 4.14. The Bertz CT molecular complexity index is 863. The molecule has 2 rings (SSSR count). The molecule has 0 unspecified atom stereocenters. The number of halogens is 1. The minimum Gasteiger partial charge on any atom is -0.506 e. The second-order valence-corrected chi connectivity index (χ2v) is 6.38. The van der Waals surface area contributed by atoms with E-state index in [4.69, 9.17) is 4.74 Å². The molecule has 26 heavy (non-hydrogen) atoms. The number of carbonyl (C=O) groups is 1. The van der Waals surface area contributed by atoms with Crippen molar-refractivity contribution in [1.82, 2.24) is 5.43 Å². The van der Waals surface area contributed by atoms with Crippen molar-refractivity contribution < 1.29 is 19.6 Å². The molecule has 0 atom stereocenters. The third kappa shape index (κ3) is 5.28. The highest BCUT2D eigenvalue weighted by molar-refractivity contribution is 9.10. The van der Waals surface area contributed by atoms with Gasteiger partial charge in [-0.2, -0.15) is 5.10 Å². The fourth-order valence-corrected chi connectivity index (χ4v) is 2.64. The van der Waals surface area contributed by atoms with Crippen molar-refractivity contribution in [3.8, 4) is 11.5 Å². The summed E-state index contributed by atoms with van der Waals surface area (Å²) in [5.74, 6) is -0.161. The number of nitrogens with zero attached hydrogens (tertiary/aromatic N) is 2. The Morgan fingerprint density at radius 1 is 1.31 bits per heavy atom. The first-order valence-electron chi connectivity index (χ1n) is 7.46. The van der Waals surface area contributed by atoms with Crippen molar-refractivity contribution >= 4 is 33.7 Å². The van der Waals surface area contributed by atoms with Crippen LogP contribution in [0.1, 0.15) is 16.7 Å². The van der Waals surface area contributed by atoms with Crippen LogP contribution in [0.25, 0.3) is 0 Å². The van der Waals surface area contributed by atoms with Gasteiger partial charge in [0.05, 0.1) is 15.6 Å². The van der Waals surface area contributed by atoms with Crippen molar-refractivity contribution in [2.24, 2.45) is 5.10 Å². The lowest BCUT2D eigenvalue weighted by Gasteiger charge is -2.07. The summed E-state index contributed by atoms with van der Waals surface area (Å²) >= 11 is 3.02. The Morgan fingerprint density at radius 2 is 1.96 bits per heavy atom. The highest BCUT2D eigenvalue weighted by atomic mass is 79.9. The third-order valence-electron chi connectivity index (χ3n) is 3.25. The molecule has 0 aliphatic heterocycles. The zero-order valence-electron chi connectivity index (χ0n) is 14.0. The van der Waals surface area contributed by atoms with E-state index in [0.29, 0.717) is 5.75 Å². The molecule has 0 aliphatic rings. The van der Waals surface area contributed by atoms with Crippen LogP contribution in [0.4, 0.5) is 5.69 Å². The predicted molar refractivity (Wildman–Crippen MR) is 99.6 cm³/mol. The van der Waals surface area contributed by atoms with E-state index in [1.54, 1.807) is 0 Å². The van der Waals surface area contributed by atoms with Crippen molar-refractivity contribution in [3.63, 3.8) is 0 Å². The van der Waals surface area contributed by atoms with Crippen LogP contribution in [0, 0.1) is 24.0 Å². The van der Waals surface area contributed by atoms with Gasteiger partial charge in [0.2, 0.25) is 0 Å². The first-order chi connectivity index (χ1) is 12.3. The Balaban J connectivity index is 1.97. The van der Waals surface area contributed by atoms with Crippen molar-refractivity contribution in [2.45, 2.75) is 13.8 Å². The number of nitro groups is 1. The van der Waals surface area contributed by atoms with E-state index >= 15 is 0 Å². The van der Waals surface area contributed by atoms with Gasteiger partial charge in [0.25, 0.3) is 11.6 Å². The number of phenolic OH excluding ortho intramolecular Hbond substituents is 1. The predicted octanol–water partition coefficient (Wildman–Crippen LogP) is 3.21. The van der Waals surface area contributed by atoms with E-state index in [9.17, 15) is 20.0 Å². The maximum absolute atomic E-state index is 11.8. The number of aryl methyl sites for hydroxylation is 2. The number of hydrazone groups is 1. The number of benzene rings is 2. The van der Waals surface area contributed by atoms with E-state index < -0.39 is 10.8 Å². The lowest BCUT2D eigenvalue weighted by molar-refractivity contribution is -0.385. The van der Waals surface area contributed by atoms with Crippen LogP contribution < -0.4 is 10.2 Å². The summed E-state index contributed by atoms with van der Waals surface area (Å²) in [4.78, 5) is 22.0. The Labute approximate surface area is 157 Å². The first kappa shape index (κ1) is 19.4. The molecule has 0 heterocycles. The largest absolute Gasteiger partial charge is 0.506 e. The Kier molecular flexibility index (Phi) is 6.29. The van der Waals surface area contributed by atoms with Gasteiger partial charge in [-0.15, -0.1) is 0 Å². The molecule has 0 saturated heterocycles. The quantitative estimate of drug-likeness (QED) is 0.422. The molecule has 0 aromatic heterocycles. The number of nitro benzene ring substituents is 1. The summed E-state index contributed by atoms with van der Waals surface area (Å²) in [6.45, 7) is 3.60. The van der Waals surface area contributed by atoms with Crippen LogP contribution in [0.2, 0.25) is 0 Å². The molecule has 0 fully saturated rings. The molecule has 2 aromatic rings. The molecule has 9 heteroatoms. The summed E-state index contributed by atoms with van der Waals surface area (Å²) in [5, 5.41) is 24.4. The lowest BCUT2D eigenvalue weighted by Crippen LogP contribution is -2.24. The van der Waals surface area contributed by atoms with Gasteiger partial charge in [0.1, 0.15) is 11.5 Å². The van der Waals surface area contributed by atoms with E-state index in [1.807, 2.05) is 32.0 Å². The van der Waals surface area contributed by atoms with Crippen LogP contribution in [0.3, 0.4) is 0 Å². The highest BCUT2D eigenvalue weighted by Crippen LogP contribution is 2.31. The smallest absolute Gasteiger partial charge is 0.277 e. The lowest BCUT2D eigenvalue weighted by atomic mass is 10.1. The monoisotopic (exact) mass is 421 g/mol. The van der Waals surface area contributed by atoms with Gasteiger partial charge < -0.3 is 9.84 Å². The van der Waals surface area contributed by atoms with Gasteiger partial charge in [-0.05, 0) is 53.0 Å². The van der Waals surface area contributed by atoms with Crippen molar-refractivity contribution in [1.29, 1.82) is 0 Å². The zero-order chi connectivity index (χ0) is 19.3. The average Bonchev–Trinajstić information content (AvgIpc) is 2.55. The SMILES string of the molecule is Cc1cc(C)cc(OCC(=O)NN=Cc2cc([N+](=O)[O-])cc(Br)c2O)c1. The standard InChI is InChI=1S/C17H16BrN3O5/c1-10-3-11(2)5-14(4-10)26-9-16(22)20-19-8-12-6-13(21(24)25)7-15(18)17(12)23/h3-8,23H,9H2,1-2H3,(H,20,22). The number of hydrogen-bond acceptors (Lipinski definition) is 6. The number of rotatable bonds is 6. The summed E-state index contributed by atoms with van der Waals surface area (Å²) in [6.07, 6.45) is 1.11. The Hall–Kier alpha value is -2.94. The fourth-order valence-electron chi connectivity index (χ4n) is 2.18. The summed E-state index contributed by atoms with van der Waals surface area (Å²) in [6, 6.07) is 7.91. The molecule has 8 nitrogen and oxygen atoms in total. The van der Waals surface area contributed by atoms with Crippen molar-refractivity contribution in [3.05, 3.63) is 61.6 Å². The van der Waals surface area contributed by atoms with Gasteiger partial charge in [0.15, 0.2) is 6.61 Å². The van der Waals surface area contributed by atoms with E-state index in [1.165, 1.54) is 6.07 Å². The van der Waals surface area contributed by atoms with Crippen LogP contribution in [-0.4, -0.2) is 28.8 Å². The number of phenols is 1. The number of non-ortho nitro benzene ring substituents is 1. The summed E-state index contributed by atoms with van der Waals surface area (Å²) in [7, 11) is 0. The molecule has 0 bridgehead atoms. The minimum absolute atomic E-state index is 0.0848. The molecule has 2 N–H and O–H groups in total. The molecule has 0 radical (unpaired) electrons. The molecule has 1 amide bonds. The van der Waals surface area contributed by atoms with E-state index in [0.717, 1.165) is 23.4 Å². The number of aromatic hydroxyl groups is 1. The topological polar surface area (TPSA) is 114 Å². The summed E-state index contributed by atoms with van der Waals surface area (Å²) < 4.78 is 5.54. The van der Waals surface area contributed by atoms with Gasteiger partial charge in [-0.1, -0.05) is 6.07 Å². The molecule has 0 saturated carbocycles. The average molecular weight is 422 g/mol. The molecule has 136 valence electrons. The number of carbonyl (C=O) groups excluding carboxylic acids is 1. The molecule has 0 spiro atoms. The third-order valence-corrected chi connectivity index (χ3v) is 3.85. The van der Waals surface area contributed by atoms with Gasteiger partial charge in [-0.25, -0.2) is 5.43 Å². The van der Waals surface area contributed by atoms with Gasteiger partial charge >= 0.3 is 0 Å². The van der Waals surface area contributed by atoms with Crippen LogP contribution in [0.5, 0.6) is 11.5 Å². The van der Waals surface area contributed by atoms with Crippen molar-refractivity contribution in [2.75, 3.05) is 6.61 Å². The van der Waals surface area contributed by atoms with E-state index in [2.05, 4.69) is 26.5 Å². The molecular weight excluding hydrogens is 406 g/mol. The van der Waals surface area contributed by atoms with E-state index in [-0.39, 0.29) is 28.1 Å². The fraction of sp³-hybridized carbons (Fsp3) is 0.176. The number of hydrogen-bond donors (Lipinski definition) is 2. The minimum atomic E-state index is -0.599. The number of amides is 1. The van der Waals surface area contributed by atoms with Gasteiger partial charge in [0, 0.05) is 17.7 Å². The maximum atomic E-state index is 11.8. The van der Waals surface area contributed by atoms with Crippen LogP contribution >= 0.6 is 15.9 Å². The second-order valence-electron chi connectivity index (χ2n) is 5.53. The molecule has 0 aliphatic carbocycles. The number of ether oxygens (including phenoxy) is 1. The Morgan fingerprint density at radius 3 is 2.58 bits per heavy atom. The number of nitrogens with one attached hydrogen (secondary N) is 1.